The average Bonchev–Trinajstić information content (AvgIpc) is 2.34. The van der Waals surface area contributed by atoms with Crippen molar-refractivity contribution < 1.29 is 29.3 Å². The van der Waals surface area contributed by atoms with Crippen LogP contribution in [0.2, 0.25) is 0 Å². The summed E-state index contributed by atoms with van der Waals surface area (Å²) in [6.07, 6.45) is 0.618. The summed E-state index contributed by atoms with van der Waals surface area (Å²) in [7, 11) is 2.82. The second-order valence-corrected chi connectivity index (χ2v) is 3.27. The monoisotopic (exact) mass is 252 g/mol. The molecule has 0 saturated carbocycles. The van der Waals surface area contributed by atoms with Gasteiger partial charge in [0.1, 0.15) is 11.5 Å². The Bertz CT molecular complexity index is 503. The summed E-state index contributed by atoms with van der Waals surface area (Å²) >= 11 is 0. The number of carboxylic acid groups (broad SMARTS) is 2. The number of benzene rings is 1. The Morgan fingerprint density at radius 3 is 2.28 bits per heavy atom. The van der Waals surface area contributed by atoms with Crippen LogP contribution in [0.25, 0.3) is 5.57 Å². The van der Waals surface area contributed by atoms with Crippen LogP contribution in [0.5, 0.6) is 11.5 Å². The summed E-state index contributed by atoms with van der Waals surface area (Å²) in [6, 6.07) is 4.44. The van der Waals surface area contributed by atoms with E-state index < -0.39 is 11.9 Å². The second kappa shape index (κ2) is 5.72. The molecule has 1 aromatic carbocycles. The van der Waals surface area contributed by atoms with Crippen LogP contribution in [-0.4, -0.2) is 36.4 Å². The highest BCUT2D eigenvalue weighted by atomic mass is 16.5. The molecule has 0 unspecified atom stereocenters. The van der Waals surface area contributed by atoms with Crippen molar-refractivity contribution in [3.8, 4) is 11.5 Å². The van der Waals surface area contributed by atoms with Crippen LogP contribution in [0.15, 0.2) is 24.3 Å². The highest BCUT2D eigenvalue weighted by Crippen LogP contribution is 2.30. The Labute approximate surface area is 103 Å². The molecule has 6 heteroatoms. The van der Waals surface area contributed by atoms with Crippen LogP contribution in [0.4, 0.5) is 0 Å². The van der Waals surface area contributed by atoms with E-state index in [2.05, 4.69) is 0 Å². The molecule has 0 aliphatic heterocycles. The van der Waals surface area contributed by atoms with Gasteiger partial charge in [-0.3, -0.25) is 0 Å². The molecule has 0 amide bonds. The second-order valence-electron chi connectivity index (χ2n) is 3.27. The van der Waals surface area contributed by atoms with E-state index in [0.717, 1.165) is 0 Å². The number of carbonyl (C=O) groups is 2. The summed E-state index contributed by atoms with van der Waals surface area (Å²) in [5.41, 5.74) is -0.185. The first-order valence-electron chi connectivity index (χ1n) is 4.90. The highest BCUT2D eigenvalue weighted by molar-refractivity contribution is 6.20. The van der Waals surface area contributed by atoms with Crippen molar-refractivity contribution in [1.29, 1.82) is 0 Å². The minimum absolute atomic E-state index is 0.174. The van der Waals surface area contributed by atoms with Crippen molar-refractivity contribution >= 4 is 17.5 Å². The van der Waals surface area contributed by atoms with Gasteiger partial charge >= 0.3 is 11.9 Å². The maximum Gasteiger partial charge on any atom is 0.336 e. The summed E-state index contributed by atoms with van der Waals surface area (Å²) in [4.78, 5) is 21.6. The van der Waals surface area contributed by atoms with Gasteiger partial charge in [0.25, 0.3) is 0 Å². The van der Waals surface area contributed by atoms with Gasteiger partial charge in [-0.2, -0.15) is 0 Å². The zero-order valence-corrected chi connectivity index (χ0v) is 9.84. The molecule has 2 N–H and O–H groups in total. The number of hydrogen-bond acceptors (Lipinski definition) is 4. The zero-order chi connectivity index (χ0) is 13.7. The standard InChI is InChI=1S/C12H12O6/c1-17-7-3-4-8(10(5-7)18-2)9(12(15)16)6-11(13)14/h3-6H,1-2H3,(H,13,14)(H,15,16)/b9-6-. The molecule has 0 spiro atoms. The van der Waals surface area contributed by atoms with Crippen LogP contribution in [-0.2, 0) is 9.59 Å². The first kappa shape index (κ1) is 13.6. The van der Waals surface area contributed by atoms with E-state index in [4.69, 9.17) is 19.7 Å². The van der Waals surface area contributed by atoms with Gasteiger partial charge in [0.2, 0.25) is 0 Å². The SMILES string of the molecule is COc1ccc(/C(=C/C(=O)O)C(=O)O)c(OC)c1. The van der Waals surface area contributed by atoms with Crippen LogP contribution in [0.3, 0.4) is 0 Å². The lowest BCUT2D eigenvalue weighted by atomic mass is 10.0. The fourth-order valence-electron chi connectivity index (χ4n) is 1.40. The lowest BCUT2D eigenvalue weighted by molar-refractivity contribution is -0.133. The van der Waals surface area contributed by atoms with Gasteiger partial charge in [0.15, 0.2) is 0 Å². The fraction of sp³-hybridized carbons (Fsp3) is 0.167. The van der Waals surface area contributed by atoms with E-state index in [9.17, 15) is 9.59 Å². The molecule has 18 heavy (non-hydrogen) atoms. The summed E-state index contributed by atoms with van der Waals surface area (Å²) in [5, 5.41) is 17.7. The lowest BCUT2D eigenvalue weighted by Crippen LogP contribution is -2.05. The normalized spacial score (nSPS) is 10.9. The minimum Gasteiger partial charge on any atom is -0.497 e. The first-order valence-corrected chi connectivity index (χ1v) is 4.90. The zero-order valence-electron chi connectivity index (χ0n) is 9.84. The Kier molecular flexibility index (Phi) is 4.31. The first-order chi connectivity index (χ1) is 8.49. The van der Waals surface area contributed by atoms with Crippen molar-refractivity contribution in [2.75, 3.05) is 14.2 Å². The third-order valence-electron chi connectivity index (χ3n) is 2.20. The fourth-order valence-corrected chi connectivity index (χ4v) is 1.40. The topological polar surface area (TPSA) is 93.1 Å². The Balaban J connectivity index is 3.37. The van der Waals surface area contributed by atoms with Gasteiger partial charge < -0.3 is 19.7 Å². The quantitative estimate of drug-likeness (QED) is 0.766. The van der Waals surface area contributed by atoms with E-state index in [1.54, 1.807) is 0 Å². The van der Waals surface area contributed by atoms with Crippen LogP contribution in [0, 0.1) is 0 Å². The molecular formula is C12H12O6. The van der Waals surface area contributed by atoms with Gasteiger partial charge in [-0.05, 0) is 12.1 Å². The summed E-state index contributed by atoms with van der Waals surface area (Å²) < 4.78 is 9.99. The van der Waals surface area contributed by atoms with E-state index in [0.29, 0.717) is 11.8 Å². The molecule has 1 aromatic rings. The average molecular weight is 252 g/mol. The Morgan fingerprint density at radius 2 is 1.83 bits per heavy atom. The number of aliphatic carboxylic acids is 2. The van der Waals surface area contributed by atoms with Crippen molar-refractivity contribution in [3.63, 3.8) is 0 Å². The van der Waals surface area contributed by atoms with E-state index in [-0.39, 0.29) is 16.9 Å². The van der Waals surface area contributed by atoms with Gasteiger partial charge in [-0.25, -0.2) is 9.59 Å². The number of rotatable bonds is 5. The van der Waals surface area contributed by atoms with E-state index in [1.807, 2.05) is 0 Å². The molecule has 0 atom stereocenters. The van der Waals surface area contributed by atoms with E-state index >= 15 is 0 Å². The van der Waals surface area contributed by atoms with Crippen molar-refractivity contribution in [2.45, 2.75) is 0 Å². The molecular weight excluding hydrogens is 240 g/mol. The summed E-state index contributed by atoms with van der Waals surface area (Å²) in [6.45, 7) is 0. The van der Waals surface area contributed by atoms with Crippen molar-refractivity contribution in [2.24, 2.45) is 0 Å². The maximum absolute atomic E-state index is 11.0. The third-order valence-corrected chi connectivity index (χ3v) is 2.20. The smallest absolute Gasteiger partial charge is 0.336 e. The van der Waals surface area contributed by atoms with E-state index in [1.165, 1.54) is 32.4 Å². The molecule has 0 aliphatic carbocycles. The number of methoxy groups -OCH3 is 2. The molecule has 0 saturated heterocycles. The Hall–Kier alpha value is -2.50. The van der Waals surface area contributed by atoms with Crippen molar-refractivity contribution in [3.05, 3.63) is 29.8 Å². The molecule has 0 aliphatic rings. The number of carboxylic acids is 2. The largest absolute Gasteiger partial charge is 0.497 e. The van der Waals surface area contributed by atoms with Crippen LogP contribution >= 0.6 is 0 Å². The predicted molar refractivity (Wildman–Crippen MR) is 62.8 cm³/mol. The molecule has 0 fully saturated rings. The summed E-state index contributed by atoms with van der Waals surface area (Å²) in [5.74, 6) is -1.98. The van der Waals surface area contributed by atoms with Gasteiger partial charge in [0.05, 0.1) is 19.8 Å². The predicted octanol–water partition coefficient (Wildman–Crippen LogP) is 1.26. The van der Waals surface area contributed by atoms with Crippen molar-refractivity contribution in [1.82, 2.24) is 0 Å². The Morgan fingerprint density at radius 1 is 1.17 bits per heavy atom. The minimum atomic E-state index is -1.35. The maximum atomic E-state index is 11.0. The van der Waals surface area contributed by atoms with Crippen LogP contribution < -0.4 is 9.47 Å². The lowest BCUT2D eigenvalue weighted by Gasteiger charge is -2.10. The third kappa shape index (κ3) is 3.00. The molecule has 0 bridgehead atoms. The molecule has 96 valence electrons. The molecule has 6 nitrogen and oxygen atoms in total. The van der Waals surface area contributed by atoms with Crippen LogP contribution in [0.1, 0.15) is 5.56 Å². The molecule has 0 radical (unpaired) electrons. The number of hydrogen-bond donors (Lipinski definition) is 2. The van der Waals surface area contributed by atoms with Gasteiger partial charge in [0, 0.05) is 17.7 Å². The number of ether oxygens (including phenoxy) is 2. The highest BCUT2D eigenvalue weighted by Gasteiger charge is 2.17. The molecule has 0 aromatic heterocycles. The molecule has 1 rings (SSSR count). The van der Waals surface area contributed by atoms with Gasteiger partial charge in [-0.1, -0.05) is 0 Å². The molecule has 0 heterocycles. The van der Waals surface area contributed by atoms with Gasteiger partial charge in [-0.15, -0.1) is 0 Å².